The van der Waals surface area contributed by atoms with Crippen LogP contribution in [0.15, 0.2) is 259 Å². The molecule has 1 aliphatic heterocycles. The first-order valence-electron chi connectivity index (χ1n) is 34.9. The van der Waals surface area contributed by atoms with Crippen LogP contribution in [-0.2, 0) is 0 Å². The molecule has 0 bridgehead atoms. The average molecular weight is 1290 g/mol. The fourth-order valence-electron chi connectivity index (χ4n) is 17.2. The molecule has 0 fully saturated rings. The lowest BCUT2D eigenvalue weighted by atomic mass is 9.91. The molecule has 0 aliphatic carbocycles. The standard InChI is InChI=1S/C94H78N6/c1-54-39-58(5)89(59(6)40-54)69-25-33-83-76(47-69)77-48-70(90-60(7)41-55(2)42-61(90)8)26-34-84(77)99(83)74-31-37-87-80(51-74)81-52-75(32-38-88(81)98(87)73-29-23-68(24-30-73)94-96-82(66-19-15-13-16-20-66)53-95-93(97-94)67-21-17-14-18-22-67)100-85-35-27-71(91-62(9)43-56(3)44-63(91)10)49-78(85)79-50-72(28-36-86(79)100)92-64(11)45-57(4)46-65(92)12/h13-53H,1-12H3,(H,95,96,97). The minimum Gasteiger partial charge on any atom is -0.344 e. The molecule has 0 saturated heterocycles. The molecule has 1 aliphatic rings. The minimum absolute atomic E-state index is 0.624. The van der Waals surface area contributed by atoms with Gasteiger partial charge in [-0.15, -0.1) is 0 Å². The Kier molecular flexibility index (Phi) is 14.8. The molecule has 1 N–H and O–H groups in total. The second kappa shape index (κ2) is 24.0. The highest BCUT2D eigenvalue weighted by Crippen LogP contribution is 2.45. The Hall–Kier alpha value is -11.9. The zero-order chi connectivity index (χ0) is 68.5. The predicted octanol–water partition coefficient (Wildman–Crippen LogP) is 24.1. The van der Waals surface area contributed by atoms with Gasteiger partial charge in [0.25, 0.3) is 0 Å². The van der Waals surface area contributed by atoms with E-state index in [1.807, 2.05) is 42.6 Å². The number of amidine groups is 2. The fourth-order valence-corrected chi connectivity index (χ4v) is 17.2. The van der Waals surface area contributed by atoms with Crippen molar-refractivity contribution in [3.05, 3.63) is 332 Å². The predicted molar refractivity (Wildman–Crippen MR) is 425 cm³/mol. The number of benzene rings is 13. The van der Waals surface area contributed by atoms with Crippen LogP contribution in [0.1, 0.15) is 83.5 Å². The first-order valence-corrected chi connectivity index (χ1v) is 34.9. The van der Waals surface area contributed by atoms with Crippen molar-refractivity contribution in [1.29, 1.82) is 0 Å². The lowest BCUT2D eigenvalue weighted by Gasteiger charge is -2.13. The summed E-state index contributed by atoms with van der Waals surface area (Å²) in [6.07, 6.45) is 1.96. The van der Waals surface area contributed by atoms with Gasteiger partial charge in [-0.25, -0.2) is 9.98 Å². The molecule has 6 heteroatoms. The van der Waals surface area contributed by atoms with Crippen molar-refractivity contribution >= 4 is 82.8 Å². The normalized spacial score (nSPS) is 12.7. The Morgan fingerprint density at radius 1 is 0.240 bits per heavy atom. The number of hydrogen-bond donors (Lipinski definition) is 1. The molecular weight excluding hydrogens is 1210 g/mol. The quantitative estimate of drug-likeness (QED) is 0.146. The third kappa shape index (κ3) is 10.4. The van der Waals surface area contributed by atoms with Crippen molar-refractivity contribution in [2.24, 2.45) is 9.98 Å². The van der Waals surface area contributed by atoms with Crippen LogP contribution in [0, 0.1) is 83.1 Å². The molecule has 0 atom stereocenters. The average Bonchev–Trinajstić information content (AvgIpc) is 1.57. The van der Waals surface area contributed by atoms with E-state index in [4.69, 9.17) is 9.98 Å². The highest BCUT2D eigenvalue weighted by molar-refractivity contribution is 6.17. The third-order valence-electron chi connectivity index (χ3n) is 20.9. The maximum atomic E-state index is 5.28. The van der Waals surface area contributed by atoms with Gasteiger partial charge in [0, 0.05) is 72.3 Å². The number of rotatable bonds is 10. The molecular formula is C94H78N6. The highest BCUT2D eigenvalue weighted by atomic mass is 15.1. The first-order chi connectivity index (χ1) is 48.5. The zero-order valence-electron chi connectivity index (χ0n) is 58.9. The Morgan fingerprint density at radius 2 is 0.520 bits per heavy atom. The largest absolute Gasteiger partial charge is 0.344 e. The van der Waals surface area contributed by atoms with Crippen LogP contribution >= 0.6 is 0 Å². The number of nitrogens with one attached hydrogen (secondary N) is 1. The lowest BCUT2D eigenvalue weighted by molar-refractivity contribution is 1.16. The second-order valence-corrected chi connectivity index (χ2v) is 28.3. The maximum Gasteiger partial charge on any atom is 0.162 e. The summed E-state index contributed by atoms with van der Waals surface area (Å²) in [6, 6.07) is 90.8. The van der Waals surface area contributed by atoms with E-state index in [-0.39, 0.29) is 0 Å². The molecule has 484 valence electrons. The second-order valence-electron chi connectivity index (χ2n) is 28.3. The molecule has 0 spiro atoms. The van der Waals surface area contributed by atoms with Gasteiger partial charge in [0.1, 0.15) is 5.84 Å². The van der Waals surface area contributed by atoms with Gasteiger partial charge in [0.05, 0.1) is 38.8 Å². The van der Waals surface area contributed by atoms with E-state index in [0.717, 1.165) is 89.2 Å². The van der Waals surface area contributed by atoms with Crippen LogP contribution in [0.3, 0.4) is 0 Å². The minimum atomic E-state index is 0.624. The van der Waals surface area contributed by atoms with Crippen LogP contribution in [0.5, 0.6) is 0 Å². The van der Waals surface area contributed by atoms with Crippen molar-refractivity contribution in [2.75, 3.05) is 0 Å². The van der Waals surface area contributed by atoms with E-state index in [1.54, 1.807) is 0 Å². The SMILES string of the molecule is Cc1cc(C)c(-c2ccc3c(c2)c2cc(-c4c(C)cc(C)cc4C)ccc2n3-c2ccc3c(c2)c2cc(-n4c5ccc(-c6c(C)cc(C)cc6C)cc5c5cc(-c6c(C)cc(C)cc6C)ccc54)ccc2n3-c2ccc(C3=NC(c4ccccc4)=CNC(c4ccccc4)=N3)cc2)c(C)c1. The van der Waals surface area contributed by atoms with Crippen molar-refractivity contribution in [3.63, 3.8) is 0 Å². The number of aryl methyl sites for hydroxylation is 12. The van der Waals surface area contributed by atoms with Gasteiger partial charge >= 0.3 is 0 Å². The molecule has 0 radical (unpaired) electrons. The summed E-state index contributed by atoms with van der Waals surface area (Å²) in [5, 5.41) is 10.7. The highest BCUT2D eigenvalue weighted by Gasteiger charge is 2.24. The van der Waals surface area contributed by atoms with Gasteiger partial charge in [0.2, 0.25) is 0 Å². The summed E-state index contributed by atoms with van der Waals surface area (Å²) >= 11 is 0. The van der Waals surface area contributed by atoms with Crippen LogP contribution in [0.4, 0.5) is 0 Å². The number of aliphatic imine (C=N–C) groups is 2. The molecule has 3 aromatic heterocycles. The van der Waals surface area contributed by atoms with E-state index in [9.17, 15) is 0 Å². The summed E-state index contributed by atoms with van der Waals surface area (Å²) in [7, 11) is 0. The zero-order valence-corrected chi connectivity index (χ0v) is 58.9. The number of aromatic nitrogens is 3. The van der Waals surface area contributed by atoms with Crippen molar-refractivity contribution in [3.8, 4) is 61.6 Å². The van der Waals surface area contributed by atoms with E-state index in [2.05, 4.69) is 308 Å². The Bertz CT molecular complexity index is 5600. The molecule has 0 saturated carbocycles. The van der Waals surface area contributed by atoms with Crippen LogP contribution < -0.4 is 5.32 Å². The number of nitrogens with zero attached hydrogens (tertiary/aromatic N) is 5. The molecule has 0 unspecified atom stereocenters. The maximum absolute atomic E-state index is 5.28. The molecule has 17 rings (SSSR count). The van der Waals surface area contributed by atoms with Gasteiger partial charge in [-0.05, 0) is 281 Å². The van der Waals surface area contributed by atoms with E-state index >= 15 is 0 Å². The summed E-state index contributed by atoms with van der Waals surface area (Å²) in [5.74, 6) is 1.36. The molecule has 13 aromatic carbocycles. The lowest BCUT2D eigenvalue weighted by Crippen LogP contribution is -2.19. The Labute approximate surface area is 585 Å². The summed E-state index contributed by atoms with van der Waals surface area (Å²) in [4.78, 5) is 10.5. The molecule has 0 amide bonds. The fraction of sp³-hybridized carbons (Fsp3) is 0.128. The number of fused-ring (bicyclic) bond motifs is 9. The van der Waals surface area contributed by atoms with Crippen LogP contribution in [0.25, 0.3) is 133 Å². The van der Waals surface area contributed by atoms with E-state index < -0.39 is 0 Å². The van der Waals surface area contributed by atoms with E-state index in [0.29, 0.717) is 5.84 Å². The van der Waals surface area contributed by atoms with Gasteiger partial charge in [-0.2, -0.15) is 0 Å². The number of hydrogen-bond acceptors (Lipinski definition) is 3. The van der Waals surface area contributed by atoms with Gasteiger partial charge in [-0.1, -0.05) is 156 Å². The topological polar surface area (TPSA) is 51.5 Å². The summed E-state index contributed by atoms with van der Waals surface area (Å²) in [5.41, 5.74) is 39.2. The van der Waals surface area contributed by atoms with Crippen molar-refractivity contribution in [1.82, 2.24) is 19.0 Å². The van der Waals surface area contributed by atoms with Crippen LogP contribution in [-0.4, -0.2) is 25.4 Å². The smallest absolute Gasteiger partial charge is 0.162 e. The molecule has 6 nitrogen and oxygen atoms in total. The Morgan fingerprint density at radius 3 is 0.860 bits per heavy atom. The van der Waals surface area contributed by atoms with Gasteiger partial charge < -0.3 is 19.0 Å². The van der Waals surface area contributed by atoms with Crippen LogP contribution in [0.2, 0.25) is 0 Å². The third-order valence-corrected chi connectivity index (χ3v) is 20.9. The monoisotopic (exact) mass is 1290 g/mol. The van der Waals surface area contributed by atoms with Gasteiger partial charge in [0.15, 0.2) is 5.84 Å². The van der Waals surface area contributed by atoms with E-state index in [1.165, 1.54) is 133 Å². The van der Waals surface area contributed by atoms with Crippen molar-refractivity contribution in [2.45, 2.75) is 83.1 Å². The Balaban J connectivity index is 0.899. The summed E-state index contributed by atoms with van der Waals surface area (Å²) in [6.45, 7) is 26.8. The molecule has 16 aromatic rings. The first kappa shape index (κ1) is 61.7. The summed E-state index contributed by atoms with van der Waals surface area (Å²) < 4.78 is 7.45. The molecule has 100 heavy (non-hydrogen) atoms. The van der Waals surface area contributed by atoms with Gasteiger partial charge in [-0.3, -0.25) is 0 Å². The molecule has 4 heterocycles. The van der Waals surface area contributed by atoms with Crippen molar-refractivity contribution < 1.29 is 0 Å².